The topological polar surface area (TPSA) is 83.5 Å². The molecule has 2 aliphatic rings. The Morgan fingerprint density at radius 3 is 2.62 bits per heavy atom. The van der Waals surface area contributed by atoms with Crippen LogP contribution in [0.2, 0.25) is 0 Å². The number of rotatable bonds is 11. The molecule has 0 amide bonds. The van der Waals surface area contributed by atoms with Crippen LogP contribution in [0.25, 0.3) is 0 Å². The molecule has 0 saturated carbocycles. The third-order valence-electron chi connectivity index (χ3n) is 5.35. The van der Waals surface area contributed by atoms with Crippen molar-refractivity contribution in [2.75, 3.05) is 5.75 Å². The Kier molecular flexibility index (Phi) is 6.90. The maximum Gasteiger partial charge on any atom is 0.303 e. The summed E-state index contributed by atoms with van der Waals surface area (Å²) < 4.78 is 41.0. The lowest BCUT2D eigenvalue weighted by Gasteiger charge is -2.17. The number of halogens is 1. The number of hydrogen-bond donors (Lipinski definition) is 2. The third-order valence-corrected chi connectivity index (χ3v) is 6.62. The molecule has 7 heteroatoms. The van der Waals surface area contributed by atoms with Crippen molar-refractivity contribution in [3.8, 4) is 0 Å². The summed E-state index contributed by atoms with van der Waals surface area (Å²) in [4.78, 5) is 10.5. The fraction of sp³-hybridized carbons (Fsp3) is 0.409. The number of carboxylic acid groups (broad SMARTS) is 1. The zero-order valence-corrected chi connectivity index (χ0v) is 17.0. The second kappa shape index (κ2) is 9.39. The summed E-state index contributed by atoms with van der Waals surface area (Å²) in [6, 6.07) is 5.87. The van der Waals surface area contributed by atoms with Gasteiger partial charge in [0.1, 0.15) is 5.82 Å². The van der Waals surface area contributed by atoms with Crippen molar-refractivity contribution in [1.29, 1.82) is 0 Å². The normalized spacial score (nSPS) is 20.7. The second-order valence-electron chi connectivity index (χ2n) is 7.53. The molecule has 2 aliphatic carbocycles. The highest BCUT2D eigenvalue weighted by atomic mass is 32.2. The average Bonchev–Trinajstić information content (AvgIpc) is 3.26. The van der Waals surface area contributed by atoms with Crippen molar-refractivity contribution in [1.82, 2.24) is 4.72 Å². The number of hydrogen-bond acceptors (Lipinski definition) is 3. The van der Waals surface area contributed by atoms with E-state index in [-0.39, 0.29) is 29.8 Å². The van der Waals surface area contributed by atoms with Crippen LogP contribution in [-0.4, -0.2) is 25.2 Å². The van der Waals surface area contributed by atoms with Crippen LogP contribution in [0.4, 0.5) is 4.39 Å². The fourth-order valence-corrected chi connectivity index (χ4v) is 5.06. The minimum atomic E-state index is -3.50. The Morgan fingerprint density at radius 1 is 1.17 bits per heavy atom. The predicted octanol–water partition coefficient (Wildman–Crippen LogP) is 3.95. The van der Waals surface area contributed by atoms with E-state index in [1.54, 1.807) is 12.1 Å². The first kappa shape index (κ1) is 21.3. The van der Waals surface area contributed by atoms with Crippen LogP contribution in [-0.2, 0) is 21.2 Å². The number of aryl methyl sites for hydroxylation is 1. The first-order valence-corrected chi connectivity index (χ1v) is 11.5. The maximum atomic E-state index is 13.0. The molecular formula is C22H26FNO4S. The van der Waals surface area contributed by atoms with E-state index < -0.39 is 16.0 Å². The Labute approximate surface area is 171 Å². The lowest BCUT2D eigenvalue weighted by molar-refractivity contribution is -0.137. The van der Waals surface area contributed by atoms with Crippen molar-refractivity contribution in [3.05, 3.63) is 71.2 Å². The molecule has 0 spiro atoms. The Bertz CT molecular complexity index is 932. The molecule has 0 fully saturated rings. The molecule has 1 aromatic rings. The average molecular weight is 420 g/mol. The number of carbonyl (C=O) groups is 1. The Hall–Kier alpha value is -2.41. The monoisotopic (exact) mass is 419 g/mol. The van der Waals surface area contributed by atoms with Gasteiger partial charge in [-0.1, -0.05) is 36.4 Å². The minimum absolute atomic E-state index is 0.0540. The first-order chi connectivity index (χ1) is 13.8. The Morgan fingerprint density at radius 2 is 1.90 bits per heavy atom. The maximum absolute atomic E-state index is 13.0. The smallest absolute Gasteiger partial charge is 0.303 e. The van der Waals surface area contributed by atoms with Crippen LogP contribution in [0.15, 0.2) is 59.8 Å². The summed E-state index contributed by atoms with van der Waals surface area (Å²) in [6.45, 7) is 0. The van der Waals surface area contributed by atoms with Crippen molar-refractivity contribution in [2.24, 2.45) is 11.8 Å². The minimum Gasteiger partial charge on any atom is -0.481 e. The number of unbranched alkanes of at least 4 members (excludes halogenated alkanes) is 1. The van der Waals surface area contributed by atoms with Gasteiger partial charge in [0, 0.05) is 24.0 Å². The van der Waals surface area contributed by atoms with Crippen LogP contribution in [0, 0.1) is 17.7 Å². The van der Waals surface area contributed by atoms with E-state index in [4.69, 9.17) is 5.11 Å². The van der Waals surface area contributed by atoms with Crippen LogP contribution in [0.1, 0.15) is 37.7 Å². The molecule has 0 saturated heterocycles. The molecule has 3 rings (SSSR count). The second-order valence-corrected chi connectivity index (χ2v) is 9.37. The number of carboxylic acids is 1. The number of fused-ring (bicyclic) bond motifs is 2. The van der Waals surface area contributed by atoms with Gasteiger partial charge in [-0.15, -0.1) is 0 Å². The molecule has 2 N–H and O–H groups in total. The van der Waals surface area contributed by atoms with Crippen LogP contribution in [0.5, 0.6) is 0 Å². The molecule has 2 atom stereocenters. The number of aliphatic carboxylic acids is 1. The van der Waals surface area contributed by atoms with Gasteiger partial charge in [0.2, 0.25) is 10.0 Å². The van der Waals surface area contributed by atoms with Gasteiger partial charge in [-0.3, -0.25) is 9.52 Å². The van der Waals surface area contributed by atoms with E-state index in [0.717, 1.165) is 23.3 Å². The van der Waals surface area contributed by atoms with E-state index in [1.807, 2.05) is 12.2 Å². The SMILES string of the molecule is O=C(O)CCCC=CCC1=C(NS(=O)(=O)CCc2ccc(F)cc2)C2C=CC1C2. The summed E-state index contributed by atoms with van der Waals surface area (Å²) in [5.41, 5.74) is 2.66. The van der Waals surface area contributed by atoms with Crippen LogP contribution < -0.4 is 4.72 Å². The molecule has 0 aromatic heterocycles. The zero-order chi connectivity index (χ0) is 20.9. The largest absolute Gasteiger partial charge is 0.481 e. The van der Waals surface area contributed by atoms with Crippen molar-refractivity contribution in [3.63, 3.8) is 0 Å². The van der Waals surface area contributed by atoms with Gasteiger partial charge < -0.3 is 5.11 Å². The van der Waals surface area contributed by atoms with Gasteiger partial charge in [-0.25, -0.2) is 12.8 Å². The number of sulfonamides is 1. The quantitative estimate of drug-likeness (QED) is 0.420. The molecule has 0 heterocycles. The third kappa shape index (κ3) is 6.03. The molecule has 2 bridgehead atoms. The van der Waals surface area contributed by atoms with E-state index in [1.165, 1.54) is 12.1 Å². The molecule has 2 unspecified atom stereocenters. The molecular weight excluding hydrogens is 393 g/mol. The molecule has 29 heavy (non-hydrogen) atoms. The Balaban J connectivity index is 1.59. The van der Waals surface area contributed by atoms with E-state index in [2.05, 4.69) is 16.9 Å². The van der Waals surface area contributed by atoms with E-state index in [9.17, 15) is 17.6 Å². The van der Waals surface area contributed by atoms with Gasteiger partial charge in [-0.2, -0.15) is 0 Å². The van der Waals surface area contributed by atoms with Crippen LogP contribution >= 0.6 is 0 Å². The first-order valence-electron chi connectivity index (χ1n) is 9.87. The zero-order valence-electron chi connectivity index (χ0n) is 16.2. The van der Waals surface area contributed by atoms with Gasteiger partial charge in [-0.05, 0) is 55.4 Å². The highest BCUT2D eigenvalue weighted by molar-refractivity contribution is 7.89. The number of benzene rings is 1. The van der Waals surface area contributed by atoms with E-state index >= 15 is 0 Å². The van der Waals surface area contributed by atoms with Gasteiger partial charge in [0.05, 0.1) is 5.75 Å². The standard InChI is InChI=1S/C22H26FNO4S/c23-19-11-7-16(8-12-19)13-14-29(27,28)24-22-18-10-9-17(15-18)20(22)5-3-1-2-4-6-21(25)26/h1,3,7-12,17-18,24H,2,4-6,13-15H2,(H,25,26). The number of allylic oxidation sites excluding steroid dienone is 5. The lowest BCUT2D eigenvalue weighted by Crippen LogP contribution is -2.29. The van der Waals surface area contributed by atoms with Gasteiger partial charge in [0.25, 0.3) is 0 Å². The van der Waals surface area contributed by atoms with Gasteiger partial charge >= 0.3 is 5.97 Å². The molecule has 5 nitrogen and oxygen atoms in total. The van der Waals surface area contributed by atoms with Crippen molar-refractivity contribution < 1.29 is 22.7 Å². The summed E-state index contributed by atoms with van der Waals surface area (Å²) >= 11 is 0. The molecule has 156 valence electrons. The fourth-order valence-electron chi connectivity index (χ4n) is 3.83. The highest BCUT2D eigenvalue weighted by Crippen LogP contribution is 2.44. The lowest BCUT2D eigenvalue weighted by atomic mass is 9.98. The van der Waals surface area contributed by atoms with E-state index in [0.29, 0.717) is 25.7 Å². The van der Waals surface area contributed by atoms with Crippen molar-refractivity contribution >= 4 is 16.0 Å². The molecule has 1 aromatic carbocycles. The molecule has 0 radical (unpaired) electrons. The summed E-state index contributed by atoms with van der Waals surface area (Å²) in [6.07, 6.45) is 11.5. The molecule has 0 aliphatic heterocycles. The predicted molar refractivity (Wildman–Crippen MR) is 110 cm³/mol. The summed E-state index contributed by atoms with van der Waals surface area (Å²) in [7, 11) is -3.50. The highest BCUT2D eigenvalue weighted by Gasteiger charge is 2.36. The van der Waals surface area contributed by atoms with Gasteiger partial charge in [0.15, 0.2) is 0 Å². The summed E-state index contributed by atoms with van der Waals surface area (Å²) in [5, 5.41) is 8.66. The van der Waals surface area contributed by atoms with Crippen LogP contribution in [0.3, 0.4) is 0 Å². The van der Waals surface area contributed by atoms with Crippen molar-refractivity contribution in [2.45, 2.75) is 38.5 Å². The summed E-state index contributed by atoms with van der Waals surface area (Å²) in [5.74, 6) is -0.817. The number of nitrogens with one attached hydrogen (secondary N) is 1.